The lowest BCUT2D eigenvalue weighted by atomic mass is 10.2. The van der Waals surface area contributed by atoms with E-state index in [-0.39, 0.29) is 5.82 Å². The molecule has 0 atom stereocenters. The fraction of sp³-hybridized carbons (Fsp3) is 0.231. The smallest absolute Gasteiger partial charge is 0.227 e. The SMILES string of the molecule is CCCc1c(Cl)ncnc1Oc1cc(F)cc(Br)c1. The summed E-state index contributed by atoms with van der Waals surface area (Å²) in [5, 5.41) is 0.363. The number of nitrogens with zero attached hydrogens (tertiary/aromatic N) is 2. The lowest BCUT2D eigenvalue weighted by Gasteiger charge is -2.10. The summed E-state index contributed by atoms with van der Waals surface area (Å²) in [5.41, 5.74) is 0.729. The van der Waals surface area contributed by atoms with Crippen molar-refractivity contribution in [2.24, 2.45) is 0 Å². The molecule has 2 rings (SSSR count). The Kier molecular flexibility index (Phi) is 4.71. The maximum atomic E-state index is 13.3. The Morgan fingerprint density at radius 1 is 1.32 bits per heavy atom. The molecule has 0 bridgehead atoms. The summed E-state index contributed by atoms with van der Waals surface area (Å²) in [6.07, 6.45) is 2.91. The van der Waals surface area contributed by atoms with Crippen molar-refractivity contribution in [3.05, 3.63) is 45.5 Å². The lowest BCUT2D eigenvalue weighted by Crippen LogP contribution is -1.98. The van der Waals surface area contributed by atoms with Gasteiger partial charge in [0.25, 0.3) is 0 Å². The second kappa shape index (κ2) is 6.30. The second-order valence-corrected chi connectivity index (χ2v) is 5.18. The molecule has 1 aromatic heterocycles. The molecule has 100 valence electrons. The molecule has 0 saturated heterocycles. The van der Waals surface area contributed by atoms with Crippen molar-refractivity contribution in [3.8, 4) is 11.6 Å². The highest BCUT2D eigenvalue weighted by molar-refractivity contribution is 9.10. The molecule has 3 nitrogen and oxygen atoms in total. The minimum Gasteiger partial charge on any atom is -0.438 e. The number of halogens is 3. The van der Waals surface area contributed by atoms with E-state index in [0.717, 1.165) is 12.0 Å². The Morgan fingerprint density at radius 2 is 2.11 bits per heavy atom. The van der Waals surface area contributed by atoms with Crippen LogP contribution in [0.4, 0.5) is 4.39 Å². The molecule has 2 aromatic rings. The molecule has 0 amide bonds. The third-order valence-electron chi connectivity index (χ3n) is 2.40. The molecule has 0 aliphatic rings. The topological polar surface area (TPSA) is 35.0 Å². The third-order valence-corrected chi connectivity index (χ3v) is 3.19. The molecule has 0 N–H and O–H groups in total. The normalized spacial score (nSPS) is 10.5. The van der Waals surface area contributed by atoms with Gasteiger partial charge < -0.3 is 4.74 Å². The molecule has 0 aliphatic carbocycles. The average Bonchev–Trinajstić information content (AvgIpc) is 2.32. The maximum absolute atomic E-state index is 13.3. The first-order valence-electron chi connectivity index (χ1n) is 5.73. The maximum Gasteiger partial charge on any atom is 0.227 e. The van der Waals surface area contributed by atoms with Gasteiger partial charge in [-0.2, -0.15) is 0 Å². The van der Waals surface area contributed by atoms with Gasteiger partial charge in [-0.3, -0.25) is 0 Å². The van der Waals surface area contributed by atoms with Crippen LogP contribution in [0.3, 0.4) is 0 Å². The Morgan fingerprint density at radius 3 is 2.79 bits per heavy atom. The molecular formula is C13H11BrClFN2O. The third kappa shape index (κ3) is 3.64. The monoisotopic (exact) mass is 344 g/mol. The highest BCUT2D eigenvalue weighted by Crippen LogP contribution is 2.29. The van der Waals surface area contributed by atoms with Gasteiger partial charge in [0.2, 0.25) is 5.88 Å². The molecule has 0 saturated carbocycles. The van der Waals surface area contributed by atoms with Crippen molar-refractivity contribution in [3.63, 3.8) is 0 Å². The molecule has 1 aromatic carbocycles. The fourth-order valence-corrected chi connectivity index (χ4v) is 2.29. The van der Waals surface area contributed by atoms with Crippen molar-refractivity contribution < 1.29 is 9.13 Å². The number of benzene rings is 1. The van der Waals surface area contributed by atoms with E-state index in [9.17, 15) is 4.39 Å². The van der Waals surface area contributed by atoms with Crippen LogP contribution in [0.1, 0.15) is 18.9 Å². The van der Waals surface area contributed by atoms with Gasteiger partial charge in [0.1, 0.15) is 23.0 Å². The first kappa shape index (κ1) is 14.2. The van der Waals surface area contributed by atoms with Gasteiger partial charge in [-0.15, -0.1) is 0 Å². The van der Waals surface area contributed by atoms with Crippen molar-refractivity contribution in [2.45, 2.75) is 19.8 Å². The van der Waals surface area contributed by atoms with Crippen molar-refractivity contribution in [1.29, 1.82) is 0 Å². The van der Waals surface area contributed by atoms with Crippen molar-refractivity contribution in [1.82, 2.24) is 9.97 Å². The predicted molar refractivity (Wildman–Crippen MR) is 75.2 cm³/mol. The van der Waals surface area contributed by atoms with Gasteiger partial charge in [0.05, 0.1) is 5.56 Å². The summed E-state index contributed by atoms with van der Waals surface area (Å²) in [6, 6.07) is 4.30. The van der Waals surface area contributed by atoms with Crippen LogP contribution in [0.5, 0.6) is 11.6 Å². The quantitative estimate of drug-likeness (QED) is 0.748. The van der Waals surface area contributed by atoms with E-state index in [1.165, 1.54) is 18.5 Å². The number of aromatic nitrogens is 2. The van der Waals surface area contributed by atoms with Crippen molar-refractivity contribution >= 4 is 27.5 Å². The molecular weight excluding hydrogens is 335 g/mol. The van der Waals surface area contributed by atoms with Gasteiger partial charge >= 0.3 is 0 Å². The van der Waals surface area contributed by atoms with Crippen molar-refractivity contribution in [2.75, 3.05) is 0 Å². The fourth-order valence-electron chi connectivity index (χ4n) is 1.62. The summed E-state index contributed by atoms with van der Waals surface area (Å²) in [6.45, 7) is 2.02. The van der Waals surface area contributed by atoms with Gasteiger partial charge in [0, 0.05) is 10.5 Å². The van der Waals surface area contributed by atoms with E-state index < -0.39 is 0 Å². The second-order valence-electron chi connectivity index (χ2n) is 3.91. The number of ether oxygens (including phenoxy) is 1. The molecule has 0 unspecified atom stereocenters. The number of rotatable bonds is 4. The zero-order chi connectivity index (χ0) is 13.8. The minimum absolute atomic E-state index is 0.360. The number of hydrogen-bond acceptors (Lipinski definition) is 3. The summed E-state index contributed by atoms with van der Waals surface area (Å²) in [4.78, 5) is 7.98. The van der Waals surface area contributed by atoms with Crippen LogP contribution in [-0.2, 0) is 6.42 Å². The lowest BCUT2D eigenvalue weighted by molar-refractivity contribution is 0.449. The van der Waals surface area contributed by atoms with Crippen LogP contribution < -0.4 is 4.74 Å². The van der Waals surface area contributed by atoms with Gasteiger partial charge in [-0.1, -0.05) is 40.9 Å². The molecule has 6 heteroatoms. The largest absolute Gasteiger partial charge is 0.438 e. The molecule has 0 aliphatic heterocycles. The van der Waals surface area contributed by atoms with Gasteiger partial charge in [0.15, 0.2) is 0 Å². The first-order chi connectivity index (χ1) is 9.10. The Hall–Kier alpha value is -1.20. The standard InChI is InChI=1S/C13H11BrClFN2O/c1-2-3-11-12(15)17-7-18-13(11)19-10-5-8(14)4-9(16)6-10/h4-7H,2-3H2,1H3. The average molecular weight is 346 g/mol. The summed E-state index contributed by atoms with van der Waals surface area (Å²) in [5.74, 6) is 0.333. The van der Waals surface area contributed by atoms with Crippen LogP contribution in [-0.4, -0.2) is 9.97 Å². The molecule has 0 fully saturated rings. The predicted octanol–water partition coefficient (Wildman–Crippen LogP) is 4.78. The summed E-state index contributed by atoms with van der Waals surface area (Å²) >= 11 is 9.23. The zero-order valence-corrected chi connectivity index (χ0v) is 12.5. The first-order valence-corrected chi connectivity index (χ1v) is 6.90. The summed E-state index contributed by atoms with van der Waals surface area (Å²) < 4.78 is 19.5. The van der Waals surface area contributed by atoms with E-state index in [1.54, 1.807) is 6.07 Å². The van der Waals surface area contributed by atoms with Crippen LogP contribution in [0.15, 0.2) is 29.0 Å². The Balaban J connectivity index is 2.34. The summed E-state index contributed by atoms with van der Waals surface area (Å²) in [7, 11) is 0. The van der Waals surface area contributed by atoms with Crippen LogP contribution in [0.25, 0.3) is 0 Å². The molecule has 0 radical (unpaired) electrons. The zero-order valence-electron chi connectivity index (χ0n) is 10.2. The highest BCUT2D eigenvalue weighted by Gasteiger charge is 2.12. The number of hydrogen-bond donors (Lipinski definition) is 0. The van der Waals surface area contributed by atoms with Gasteiger partial charge in [-0.25, -0.2) is 14.4 Å². The van der Waals surface area contributed by atoms with Crippen LogP contribution in [0, 0.1) is 5.82 Å². The van der Waals surface area contributed by atoms with E-state index in [0.29, 0.717) is 27.7 Å². The Bertz CT molecular complexity index is 575. The molecule has 19 heavy (non-hydrogen) atoms. The van der Waals surface area contributed by atoms with E-state index in [2.05, 4.69) is 25.9 Å². The van der Waals surface area contributed by atoms with Gasteiger partial charge in [-0.05, 0) is 18.6 Å². The highest BCUT2D eigenvalue weighted by atomic mass is 79.9. The van der Waals surface area contributed by atoms with Crippen LogP contribution in [0.2, 0.25) is 5.15 Å². The molecule has 1 heterocycles. The van der Waals surface area contributed by atoms with E-state index in [1.807, 2.05) is 6.92 Å². The molecule has 0 spiro atoms. The van der Waals surface area contributed by atoms with E-state index >= 15 is 0 Å². The Labute approximate surface area is 123 Å². The van der Waals surface area contributed by atoms with Crippen LogP contribution >= 0.6 is 27.5 Å². The van der Waals surface area contributed by atoms with E-state index in [4.69, 9.17) is 16.3 Å². The minimum atomic E-state index is -0.387.